The highest BCUT2D eigenvalue weighted by atomic mass is 35.5. The molecule has 0 saturated carbocycles. The Labute approximate surface area is 135 Å². The fourth-order valence-corrected chi connectivity index (χ4v) is 2.56. The van der Waals surface area contributed by atoms with E-state index < -0.39 is 5.60 Å². The van der Waals surface area contributed by atoms with Gasteiger partial charge in [-0.05, 0) is 29.3 Å². The van der Waals surface area contributed by atoms with Gasteiger partial charge in [-0.25, -0.2) is 0 Å². The molecule has 0 aliphatic heterocycles. The van der Waals surface area contributed by atoms with Crippen LogP contribution in [0.1, 0.15) is 17.5 Å². The van der Waals surface area contributed by atoms with Crippen LogP contribution in [0.5, 0.6) is 0 Å². The smallest absolute Gasteiger partial charge is 0.111 e. The number of aliphatic hydroxyl groups is 1. The van der Waals surface area contributed by atoms with Gasteiger partial charge >= 0.3 is 0 Å². The quantitative estimate of drug-likeness (QED) is 0.725. The number of hydrogen-bond donors (Lipinski definition) is 1. The summed E-state index contributed by atoms with van der Waals surface area (Å²) in [7, 11) is 0. The Morgan fingerprint density at radius 1 is 1.10 bits per heavy atom. The van der Waals surface area contributed by atoms with Crippen molar-refractivity contribution in [3.05, 3.63) is 88.4 Å². The van der Waals surface area contributed by atoms with Crippen LogP contribution in [-0.2, 0) is 5.60 Å². The Hall–Kier alpha value is -1.54. The summed E-state index contributed by atoms with van der Waals surface area (Å²) in [6, 6.07) is 14.7. The average molecular weight is 319 g/mol. The summed E-state index contributed by atoms with van der Waals surface area (Å²) in [4.78, 5) is 0. The predicted molar refractivity (Wildman–Crippen MR) is 90.6 cm³/mol. The van der Waals surface area contributed by atoms with Crippen LogP contribution in [0, 0.1) is 0 Å². The van der Waals surface area contributed by atoms with Crippen molar-refractivity contribution in [1.82, 2.24) is 0 Å². The van der Waals surface area contributed by atoms with Gasteiger partial charge in [0.05, 0.1) is 0 Å². The van der Waals surface area contributed by atoms with Crippen molar-refractivity contribution in [3.8, 4) is 0 Å². The lowest BCUT2D eigenvalue weighted by Crippen LogP contribution is -2.21. The molecule has 0 bridgehead atoms. The molecule has 108 valence electrons. The van der Waals surface area contributed by atoms with Gasteiger partial charge in [-0.15, -0.1) is 6.58 Å². The lowest BCUT2D eigenvalue weighted by Gasteiger charge is -2.23. The van der Waals surface area contributed by atoms with E-state index in [0.717, 1.165) is 11.1 Å². The Morgan fingerprint density at radius 3 is 2.43 bits per heavy atom. The van der Waals surface area contributed by atoms with E-state index >= 15 is 0 Å². The van der Waals surface area contributed by atoms with Crippen molar-refractivity contribution < 1.29 is 5.11 Å². The van der Waals surface area contributed by atoms with E-state index in [-0.39, 0.29) is 0 Å². The second-order valence-corrected chi connectivity index (χ2v) is 5.63. The average Bonchev–Trinajstić information content (AvgIpc) is 2.47. The fourth-order valence-electron chi connectivity index (χ4n) is 2.09. The molecule has 0 saturated heterocycles. The maximum atomic E-state index is 10.9. The van der Waals surface area contributed by atoms with Crippen LogP contribution in [0.2, 0.25) is 10.0 Å². The van der Waals surface area contributed by atoms with Crippen LogP contribution in [0.25, 0.3) is 6.08 Å². The Morgan fingerprint density at radius 2 is 1.81 bits per heavy atom. The molecule has 2 aromatic carbocycles. The van der Waals surface area contributed by atoms with Crippen LogP contribution in [0.4, 0.5) is 0 Å². The van der Waals surface area contributed by atoms with Crippen molar-refractivity contribution in [2.75, 3.05) is 0 Å². The van der Waals surface area contributed by atoms with Crippen molar-refractivity contribution in [2.24, 2.45) is 0 Å². The zero-order valence-electron chi connectivity index (χ0n) is 11.5. The molecular formula is C18H16Cl2O. The minimum atomic E-state index is -1.11. The topological polar surface area (TPSA) is 20.2 Å². The molecule has 0 spiro atoms. The van der Waals surface area contributed by atoms with Crippen molar-refractivity contribution in [3.63, 3.8) is 0 Å². The van der Waals surface area contributed by atoms with Gasteiger partial charge in [-0.1, -0.05) is 71.8 Å². The third-order valence-electron chi connectivity index (χ3n) is 3.23. The fraction of sp³-hybridized carbons (Fsp3) is 0.111. The summed E-state index contributed by atoms with van der Waals surface area (Å²) in [5, 5.41) is 12.0. The molecule has 0 radical (unpaired) electrons. The summed E-state index contributed by atoms with van der Waals surface area (Å²) in [5.74, 6) is 0. The van der Waals surface area contributed by atoms with Crippen LogP contribution in [-0.4, -0.2) is 5.11 Å². The van der Waals surface area contributed by atoms with Crippen molar-refractivity contribution in [2.45, 2.75) is 12.0 Å². The molecule has 1 N–H and O–H groups in total. The van der Waals surface area contributed by atoms with Gasteiger partial charge in [0.2, 0.25) is 0 Å². The largest absolute Gasteiger partial charge is 0.381 e. The van der Waals surface area contributed by atoms with Crippen molar-refractivity contribution in [1.29, 1.82) is 0 Å². The van der Waals surface area contributed by atoms with Gasteiger partial charge in [-0.3, -0.25) is 0 Å². The highest BCUT2D eigenvalue weighted by Crippen LogP contribution is 2.29. The highest BCUT2D eigenvalue weighted by molar-refractivity contribution is 6.35. The van der Waals surface area contributed by atoms with Gasteiger partial charge in [-0.2, -0.15) is 0 Å². The molecule has 21 heavy (non-hydrogen) atoms. The maximum absolute atomic E-state index is 10.9. The van der Waals surface area contributed by atoms with E-state index in [0.29, 0.717) is 16.5 Å². The molecule has 2 rings (SSSR count). The first-order chi connectivity index (χ1) is 10.0. The molecule has 0 heterocycles. The number of rotatable bonds is 5. The van der Waals surface area contributed by atoms with E-state index in [1.54, 1.807) is 30.4 Å². The Kier molecular flexibility index (Phi) is 5.24. The molecule has 0 fully saturated rings. The standard InChI is InChI=1S/C18H16Cl2O/c1-2-11-18(21,15-6-4-3-5-7-15)12-10-14-8-9-16(19)13-17(14)20/h2-10,12-13,21H,1,11H2/b12-10+. The van der Waals surface area contributed by atoms with Gasteiger partial charge in [0.1, 0.15) is 5.60 Å². The lowest BCUT2D eigenvalue weighted by molar-refractivity contribution is 0.0938. The van der Waals surface area contributed by atoms with Gasteiger partial charge in [0, 0.05) is 16.5 Å². The minimum Gasteiger partial charge on any atom is -0.381 e. The maximum Gasteiger partial charge on any atom is 0.111 e. The first-order valence-electron chi connectivity index (χ1n) is 6.58. The monoisotopic (exact) mass is 318 g/mol. The summed E-state index contributed by atoms with van der Waals surface area (Å²) in [5.41, 5.74) is 0.511. The predicted octanol–water partition coefficient (Wildman–Crippen LogP) is 5.47. The van der Waals surface area contributed by atoms with E-state index in [1.165, 1.54) is 0 Å². The van der Waals surface area contributed by atoms with Crippen LogP contribution in [0.15, 0.2) is 67.3 Å². The zero-order valence-corrected chi connectivity index (χ0v) is 13.0. The molecule has 0 aliphatic rings. The second-order valence-electron chi connectivity index (χ2n) is 4.78. The molecule has 2 aromatic rings. The molecular weight excluding hydrogens is 303 g/mol. The second kappa shape index (κ2) is 6.95. The lowest BCUT2D eigenvalue weighted by atomic mass is 9.89. The van der Waals surface area contributed by atoms with Crippen LogP contribution >= 0.6 is 23.2 Å². The molecule has 0 aliphatic carbocycles. The van der Waals surface area contributed by atoms with E-state index in [1.807, 2.05) is 36.4 Å². The molecule has 0 aromatic heterocycles. The first kappa shape index (κ1) is 15.8. The first-order valence-corrected chi connectivity index (χ1v) is 7.34. The summed E-state index contributed by atoms with van der Waals surface area (Å²) in [6.45, 7) is 3.72. The van der Waals surface area contributed by atoms with E-state index in [4.69, 9.17) is 23.2 Å². The normalized spacial score (nSPS) is 14.0. The molecule has 1 nitrogen and oxygen atoms in total. The highest BCUT2D eigenvalue weighted by Gasteiger charge is 2.24. The third kappa shape index (κ3) is 3.98. The SMILES string of the molecule is C=CCC(O)(/C=C/c1ccc(Cl)cc1Cl)c1ccccc1. The summed E-state index contributed by atoms with van der Waals surface area (Å²) in [6.07, 6.45) is 5.65. The zero-order chi connectivity index (χ0) is 15.3. The third-order valence-corrected chi connectivity index (χ3v) is 3.79. The van der Waals surface area contributed by atoms with Gasteiger partial charge in [0.25, 0.3) is 0 Å². The molecule has 3 heteroatoms. The summed E-state index contributed by atoms with van der Waals surface area (Å²) >= 11 is 12.0. The number of halogens is 2. The van der Waals surface area contributed by atoms with Crippen LogP contribution < -0.4 is 0 Å². The Balaban J connectivity index is 2.35. The number of hydrogen-bond acceptors (Lipinski definition) is 1. The molecule has 1 unspecified atom stereocenters. The minimum absolute atomic E-state index is 0.415. The van der Waals surface area contributed by atoms with Gasteiger partial charge < -0.3 is 5.11 Å². The van der Waals surface area contributed by atoms with Gasteiger partial charge in [0.15, 0.2) is 0 Å². The molecule has 0 amide bonds. The van der Waals surface area contributed by atoms with E-state index in [2.05, 4.69) is 6.58 Å². The number of benzene rings is 2. The van der Waals surface area contributed by atoms with Crippen molar-refractivity contribution >= 4 is 29.3 Å². The van der Waals surface area contributed by atoms with E-state index in [9.17, 15) is 5.11 Å². The Bertz CT molecular complexity index is 650. The van der Waals surface area contributed by atoms with Crippen LogP contribution in [0.3, 0.4) is 0 Å². The summed E-state index contributed by atoms with van der Waals surface area (Å²) < 4.78 is 0. The molecule has 1 atom stereocenters.